The fourth-order valence-corrected chi connectivity index (χ4v) is 5.52. The molecule has 20 heavy (non-hydrogen) atoms. The molecular formula is C15H20N2O2S. The van der Waals surface area contributed by atoms with Gasteiger partial charge in [-0.1, -0.05) is 12.1 Å². The summed E-state index contributed by atoms with van der Waals surface area (Å²) in [6.45, 7) is 0. The van der Waals surface area contributed by atoms with Crippen molar-refractivity contribution in [1.82, 2.24) is 4.72 Å². The Kier molecular flexibility index (Phi) is 2.67. The molecule has 0 heterocycles. The first-order valence-corrected chi connectivity index (χ1v) is 8.89. The number of sulfonamides is 1. The van der Waals surface area contributed by atoms with Gasteiger partial charge in [0, 0.05) is 6.04 Å². The highest BCUT2D eigenvalue weighted by molar-refractivity contribution is 7.89. The number of hydrogen-bond donors (Lipinski definition) is 2. The van der Waals surface area contributed by atoms with Crippen LogP contribution in [0.5, 0.6) is 0 Å². The normalized spacial score (nSPS) is 37.8. The van der Waals surface area contributed by atoms with Crippen LogP contribution in [0, 0.1) is 23.7 Å². The fraction of sp³-hybridized carbons (Fsp3) is 0.600. The lowest BCUT2D eigenvalue weighted by Crippen LogP contribution is -2.21. The number of benzene rings is 1. The number of para-hydroxylation sites is 1. The van der Waals surface area contributed by atoms with Crippen LogP contribution in [-0.4, -0.2) is 21.5 Å². The molecule has 4 rings (SSSR count). The molecule has 3 aliphatic carbocycles. The zero-order valence-corrected chi connectivity index (χ0v) is 12.4. The van der Waals surface area contributed by atoms with Crippen LogP contribution in [0.1, 0.15) is 19.3 Å². The van der Waals surface area contributed by atoms with E-state index < -0.39 is 10.0 Å². The van der Waals surface area contributed by atoms with Gasteiger partial charge >= 0.3 is 0 Å². The van der Waals surface area contributed by atoms with Crippen LogP contribution in [0.2, 0.25) is 0 Å². The van der Waals surface area contributed by atoms with Crippen LogP contribution < -0.4 is 10.0 Å². The Morgan fingerprint density at radius 1 is 1.10 bits per heavy atom. The molecule has 3 saturated carbocycles. The van der Waals surface area contributed by atoms with E-state index in [9.17, 15) is 8.42 Å². The summed E-state index contributed by atoms with van der Waals surface area (Å²) in [5.74, 6) is 3.35. The molecule has 0 saturated heterocycles. The van der Waals surface area contributed by atoms with Gasteiger partial charge in [0.15, 0.2) is 0 Å². The zero-order valence-electron chi connectivity index (χ0n) is 11.5. The van der Waals surface area contributed by atoms with Gasteiger partial charge in [-0.15, -0.1) is 0 Å². The summed E-state index contributed by atoms with van der Waals surface area (Å²) >= 11 is 0. The lowest BCUT2D eigenvalue weighted by Gasteiger charge is -2.15. The van der Waals surface area contributed by atoms with Crippen molar-refractivity contribution in [1.29, 1.82) is 0 Å². The van der Waals surface area contributed by atoms with E-state index in [1.807, 2.05) is 12.1 Å². The lowest BCUT2D eigenvalue weighted by atomic mass is 10.0. The van der Waals surface area contributed by atoms with Gasteiger partial charge in [-0.25, -0.2) is 13.1 Å². The summed E-state index contributed by atoms with van der Waals surface area (Å²) in [5, 5.41) is 3.51. The Labute approximate surface area is 120 Å². The largest absolute Gasteiger partial charge is 0.381 e. The molecular weight excluding hydrogens is 272 g/mol. The zero-order chi connectivity index (χ0) is 13.9. The molecule has 0 aromatic heterocycles. The van der Waals surface area contributed by atoms with Crippen LogP contribution in [0.15, 0.2) is 29.2 Å². The molecule has 0 amide bonds. The summed E-state index contributed by atoms with van der Waals surface area (Å²) in [6.07, 6.45) is 4.16. The first-order valence-electron chi connectivity index (χ1n) is 7.41. The minimum absolute atomic E-state index is 0.361. The molecule has 2 N–H and O–H groups in total. The fourth-order valence-electron chi connectivity index (χ4n) is 4.63. The molecule has 4 atom stereocenters. The van der Waals surface area contributed by atoms with E-state index in [0.717, 1.165) is 29.4 Å². The van der Waals surface area contributed by atoms with Crippen molar-refractivity contribution in [2.24, 2.45) is 23.7 Å². The van der Waals surface area contributed by atoms with Crippen LogP contribution in [0.4, 0.5) is 5.69 Å². The monoisotopic (exact) mass is 292 g/mol. The van der Waals surface area contributed by atoms with E-state index in [2.05, 4.69) is 10.0 Å². The molecule has 4 nitrogen and oxygen atoms in total. The highest BCUT2D eigenvalue weighted by Gasteiger charge is 2.65. The summed E-state index contributed by atoms with van der Waals surface area (Å²) in [7, 11) is -1.94. The van der Waals surface area contributed by atoms with Crippen molar-refractivity contribution in [3.63, 3.8) is 0 Å². The van der Waals surface area contributed by atoms with Gasteiger partial charge in [-0.2, -0.15) is 0 Å². The number of hydrogen-bond acceptors (Lipinski definition) is 3. The average molecular weight is 292 g/mol. The third-order valence-corrected chi connectivity index (χ3v) is 6.98. The SMILES string of the molecule is CNS(=O)(=O)c1ccccc1NC1C2C3CCC(C3)C12. The Morgan fingerprint density at radius 3 is 2.40 bits per heavy atom. The topological polar surface area (TPSA) is 58.2 Å². The van der Waals surface area contributed by atoms with Crippen LogP contribution in [-0.2, 0) is 10.0 Å². The van der Waals surface area contributed by atoms with Gasteiger partial charge in [-0.05, 0) is 62.1 Å². The number of nitrogens with one attached hydrogen (secondary N) is 2. The summed E-state index contributed by atoms with van der Waals surface area (Å²) in [6, 6.07) is 7.70. The quantitative estimate of drug-likeness (QED) is 0.893. The lowest BCUT2D eigenvalue weighted by molar-refractivity contribution is 0.456. The Balaban J connectivity index is 1.59. The maximum Gasteiger partial charge on any atom is 0.242 e. The molecule has 108 valence electrons. The molecule has 5 heteroatoms. The van der Waals surface area contributed by atoms with E-state index >= 15 is 0 Å². The van der Waals surface area contributed by atoms with Crippen molar-refractivity contribution in [2.75, 3.05) is 12.4 Å². The van der Waals surface area contributed by atoms with E-state index in [0.29, 0.717) is 10.9 Å². The van der Waals surface area contributed by atoms with Crippen molar-refractivity contribution in [3.8, 4) is 0 Å². The second-order valence-corrected chi connectivity index (χ2v) is 8.22. The second kappa shape index (κ2) is 4.21. The predicted octanol–water partition coefficient (Wildman–Crippen LogP) is 2.05. The highest BCUT2D eigenvalue weighted by atomic mass is 32.2. The van der Waals surface area contributed by atoms with E-state index in [1.165, 1.54) is 26.3 Å². The van der Waals surface area contributed by atoms with Crippen LogP contribution >= 0.6 is 0 Å². The molecule has 2 bridgehead atoms. The minimum atomic E-state index is -3.39. The van der Waals surface area contributed by atoms with Gasteiger partial charge in [0.1, 0.15) is 4.90 Å². The summed E-state index contributed by atoms with van der Waals surface area (Å²) in [4.78, 5) is 0.361. The molecule has 3 aliphatic rings. The van der Waals surface area contributed by atoms with E-state index in [1.54, 1.807) is 12.1 Å². The molecule has 0 spiro atoms. The smallest absolute Gasteiger partial charge is 0.242 e. The molecule has 1 aromatic carbocycles. The van der Waals surface area contributed by atoms with Crippen molar-refractivity contribution in [3.05, 3.63) is 24.3 Å². The standard InChI is InChI=1S/C15H20N2O2S/c1-16-20(18,19)12-5-3-2-4-11(12)17-15-13-9-6-7-10(8-9)14(13)15/h2-5,9-10,13-17H,6-8H2,1H3. The van der Waals surface area contributed by atoms with Crippen molar-refractivity contribution >= 4 is 15.7 Å². The van der Waals surface area contributed by atoms with E-state index in [-0.39, 0.29) is 0 Å². The van der Waals surface area contributed by atoms with Crippen molar-refractivity contribution < 1.29 is 8.42 Å². The first-order chi connectivity index (χ1) is 9.62. The van der Waals surface area contributed by atoms with Gasteiger partial charge in [0.25, 0.3) is 0 Å². The van der Waals surface area contributed by atoms with Crippen molar-refractivity contribution in [2.45, 2.75) is 30.2 Å². The summed E-state index contributed by atoms with van der Waals surface area (Å²) in [5.41, 5.74) is 0.751. The maximum atomic E-state index is 12.1. The van der Waals surface area contributed by atoms with Crippen LogP contribution in [0.25, 0.3) is 0 Å². The number of anilines is 1. The Morgan fingerprint density at radius 2 is 1.75 bits per heavy atom. The molecule has 0 aliphatic heterocycles. The number of fused-ring (bicyclic) bond motifs is 5. The van der Waals surface area contributed by atoms with E-state index in [4.69, 9.17) is 0 Å². The Bertz CT molecular complexity index is 627. The highest BCUT2D eigenvalue weighted by Crippen LogP contribution is 2.66. The molecule has 0 radical (unpaired) electrons. The predicted molar refractivity (Wildman–Crippen MR) is 77.9 cm³/mol. The van der Waals surface area contributed by atoms with Crippen LogP contribution in [0.3, 0.4) is 0 Å². The third-order valence-electron chi connectivity index (χ3n) is 5.50. The first kappa shape index (κ1) is 12.7. The molecule has 1 aromatic rings. The molecule has 4 unspecified atom stereocenters. The van der Waals surface area contributed by atoms with Gasteiger partial charge < -0.3 is 5.32 Å². The van der Waals surface area contributed by atoms with Gasteiger partial charge in [-0.3, -0.25) is 0 Å². The van der Waals surface area contributed by atoms with Gasteiger partial charge in [0.2, 0.25) is 10.0 Å². The molecule has 3 fully saturated rings. The minimum Gasteiger partial charge on any atom is -0.381 e. The average Bonchev–Trinajstić information content (AvgIpc) is 2.85. The third kappa shape index (κ3) is 1.72. The second-order valence-electron chi connectivity index (χ2n) is 6.36. The maximum absolute atomic E-state index is 12.1. The number of rotatable bonds is 4. The van der Waals surface area contributed by atoms with Gasteiger partial charge in [0.05, 0.1) is 5.69 Å². The Hall–Kier alpha value is -1.07. The summed E-state index contributed by atoms with van der Waals surface area (Å²) < 4.78 is 26.5.